The van der Waals surface area contributed by atoms with Crippen molar-refractivity contribution in [2.75, 3.05) is 11.5 Å². The number of hydrogen-bond donors (Lipinski definition) is 1. The molecular formula is C21H15ClN2O4. The number of imide groups is 2. The predicted molar refractivity (Wildman–Crippen MR) is 106 cm³/mol. The third-order valence-corrected chi connectivity index (χ3v) is 4.23. The number of anilines is 1. The Morgan fingerprint density at radius 2 is 2.00 bits per heavy atom. The molecule has 1 aliphatic rings. The second-order valence-corrected chi connectivity index (χ2v) is 6.39. The van der Waals surface area contributed by atoms with Crippen LogP contribution in [-0.2, 0) is 9.59 Å². The van der Waals surface area contributed by atoms with E-state index in [0.29, 0.717) is 17.0 Å². The fourth-order valence-electron chi connectivity index (χ4n) is 2.67. The Morgan fingerprint density at radius 3 is 2.68 bits per heavy atom. The molecule has 7 heteroatoms. The standard InChI is InChI=1S/C21H15ClN2O4/c1-3-9-28-18-8-7-14(12-17(18)22)11-16-19(25)23-21(27)24(20(16)26)15-6-4-5-13(2)10-15/h1,4-8,10-12H,9H2,2H3,(H,23,25,27)/b16-11+. The van der Waals surface area contributed by atoms with Gasteiger partial charge in [-0.05, 0) is 48.4 Å². The van der Waals surface area contributed by atoms with Gasteiger partial charge >= 0.3 is 6.03 Å². The minimum Gasteiger partial charge on any atom is -0.479 e. The Kier molecular flexibility index (Phi) is 5.48. The average molecular weight is 395 g/mol. The van der Waals surface area contributed by atoms with Crippen LogP contribution in [0.1, 0.15) is 11.1 Å². The van der Waals surface area contributed by atoms with Gasteiger partial charge in [0.05, 0.1) is 10.7 Å². The van der Waals surface area contributed by atoms with E-state index >= 15 is 0 Å². The van der Waals surface area contributed by atoms with Crippen LogP contribution in [-0.4, -0.2) is 24.5 Å². The number of nitrogens with zero attached hydrogens (tertiary/aromatic N) is 1. The van der Waals surface area contributed by atoms with Gasteiger partial charge in [0.15, 0.2) is 0 Å². The molecule has 0 radical (unpaired) electrons. The van der Waals surface area contributed by atoms with Gasteiger partial charge in [-0.15, -0.1) is 6.42 Å². The van der Waals surface area contributed by atoms with Gasteiger partial charge < -0.3 is 4.74 Å². The highest BCUT2D eigenvalue weighted by Crippen LogP contribution is 2.28. The maximum atomic E-state index is 12.9. The molecule has 0 aliphatic carbocycles. The summed E-state index contributed by atoms with van der Waals surface area (Å²) in [6.45, 7) is 1.90. The molecule has 0 saturated carbocycles. The van der Waals surface area contributed by atoms with E-state index in [0.717, 1.165) is 10.5 Å². The fraction of sp³-hybridized carbons (Fsp3) is 0.0952. The second-order valence-electron chi connectivity index (χ2n) is 5.98. The van der Waals surface area contributed by atoms with E-state index in [1.54, 1.807) is 30.3 Å². The van der Waals surface area contributed by atoms with Crippen molar-refractivity contribution in [2.45, 2.75) is 6.92 Å². The van der Waals surface area contributed by atoms with Crippen LogP contribution in [0.25, 0.3) is 6.08 Å². The molecule has 1 saturated heterocycles. The molecule has 0 spiro atoms. The number of ether oxygens (including phenoxy) is 1. The first kappa shape index (κ1) is 19.2. The molecule has 3 rings (SSSR count). The number of halogens is 1. The van der Waals surface area contributed by atoms with Crippen LogP contribution in [0.2, 0.25) is 5.02 Å². The summed E-state index contributed by atoms with van der Waals surface area (Å²) in [6.07, 6.45) is 6.52. The maximum Gasteiger partial charge on any atom is 0.335 e. The molecule has 1 aliphatic heterocycles. The number of terminal acetylenes is 1. The molecule has 1 heterocycles. The van der Waals surface area contributed by atoms with Crippen LogP contribution in [0.4, 0.5) is 10.5 Å². The number of carbonyl (C=O) groups excluding carboxylic acids is 3. The van der Waals surface area contributed by atoms with E-state index in [9.17, 15) is 14.4 Å². The molecule has 140 valence electrons. The van der Waals surface area contributed by atoms with Crippen LogP contribution >= 0.6 is 11.6 Å². The third kappa shape index (κ3) is 3.90. The van der Waals surface area contributed by atoms with Gasteiger partial charge in [-0.2, -0.15) is 0 Å². The van der Waals surface area contributed by atoms with Crippen molar-refractivity contribution in [3.8, 4) is 18.1 Å². The molecule has 2 aromatic carbocycles. The van der Waals surface area contributed by atoms with Crippen LogP contribution in [0.15, 0.2) is 48.0 Å². The minimum atomic E-state index is -0.797. The largest absolute Gasteiger partial charge is 0.479 e. The molecular weight excluding hydrogens is 380 g/mol. The number of urea groups is 1. The van der Waals surface area contributed by atoms with Crippen LogP contribution in [0.5, 0.6) is 5.75 Å². The van der Waals surface area contributed by atoms with Crippen LogP contribution in [0, 0.1) is 19.3 Å². The van der Waals surface area contributed by atoms with Crippen LogP contribution < -0.4 is 15.0 Å². The molecule has 0 atom stereocenters. The monoisotopic (exact) mass is 394 g/mol. The van der Waals surface area contributed by atoms with E-state index < -0.39 is 17.8 Å². The maximum absolute atomic E-state index is 12.9. The Bertz CT molecular complexity index is 1050. The summed E-state index contributed by atoms with van der Waals surface area (Å²) in [4.78, 5) is 38.2. The summed E-state index contributed by atoms with van der Waals surface area (Å²) in [6, 6.07) is 10.8. The van der Waals surface area contributed by atoms with Crippen molar-refractivity contribution in [2.24, 2.45) is 0 Å². The summed E-state index contributed by atoms with van der Waals surface area (Å²) in [5.41, 5.74) is 1.55. The number of benzene rings is 2. The zero-order valence-corrected chi connectivity index (χ0v) is 15.6. The lowest BCUT2D eigenvalue weighted by Crippen LogP contribution is -2.54. The smallest absolute Gasteiger partial charge is 0.335 e. The van der Waals surface area contributed by atoms with E-state index in [2.05, 4.69) is 11.2 Å². The van der Waals surface area contributed by atoms with Gasteiger partial charge in [0.1, 0.15) is 17.9 Å². The number of barbiturate groups is 1. The number of nitrogens with one attached hydrogen (secondary N) is 1. The third-order valence-electron chi connectivity index (χ3n) is 3.94. The zero-order chi connectivity index (χ0) is 20.3. The molecule has 1 N–H and O–H groups in total. The molecule has 0 unspecified atom stereocenters. The van der Waals surface area contributed by atoms with E-state index in [1.165, 1.54) is 12.1 Å². The molecule has 0 aromatic heterocycles. The van der Waals surface area contributed by atoms with Crippen molar-refractivity contribution >= 4 is 41.2 Å². The van der Waals surface area contributed by atoms with Crippen LogP contribution in [0.3, 0.4) is 0 Å². The average Bonchev–Trinajstić information content (AvgIpc) is 2.64. The SMILES string of the molecule is C#CCOc1ccc(/C=C2\C(=O)NC(=O)N(c3cccc(C)c3)C2=O)cc1Cl. The zero-order valence-electron chi connectivity index (χ0n) is 14.9. The Hall–Kier alpha value is -3.56. The highest BCUT2D eigenvalue weighted by molar-refractivity contribution is 6.39. The normalized spacial score (nSPS) is 15.4. The molecule has 6 nitrogen and oxygen atoms in total. The summed E-state index contributed by atoms with van der Waals surface area (Å²) in [7, 11) is 0. The van der Waals surface area contributed by atoms with Crippen molar-refractivity contribution in [1.29, 1.82) is 0 Å². The first-order valence-corrected chi connectivity index (χ1v) is 8.62. The van der Waals surface area contributed by atoms with Crippen molar-refractivity contribution in [3.63, 3.8) is 0 Å². The minimum absolute atomic E-state index is 0.0641. The molecule has 2 aromatic rings. The summed E-state index contributed by atoms with van der Waals surface area (Å²) < 4.78 is 5.29. The number of hydrogen-bond acceptors (Lipinski definition) is 4. The first-order valence-electron chi connectivity index (χ1n) is 8.24. The molecule has 4 amide bonds. The van der Waals surface area contributed by atoms with Gasteiger partial charge in [-0.3, -0.25) is 14.9 Å². The Labute approximate surface area is 166 Å². The topological polar surface area (TPSA) is 75.7 Å². The van der Waals surface area contributed by atoms with Gasteiger partial charge in [-0.1, -0.05) is 35.7 Å². The Balaban J connectivity index is 1.95. The molecule has 28 heavy (non-hydrogen) atoms. The second kappa shape index (κ2) is 7.99. The summed E-state index contributed by atoms with van der Waals surface area (Å²) in [5.74, 6) is 1.23. The van der Waals surface area contributed by atoms with Gasteiger partial charge in [0.25, 0.3) is 11.8 Å². The van der Waals surface area contributed by atoms with Gasteiger partial charge in [0, 0.05) is 0 Å². The quantitative estimate of drug-likeness (QED) is 0.490. The number of rotatable bonds is 4. The van der Waals surface area contributed by atoms with E-state index in [-0.39, 0.29) is 17.2 Å². The summed E-state index contributed by atoms with van der Waals surface area (Å²) >= 11 is 6.15. The number of aryl methyl sites for hydroxylation is 1. The van der Waals surface area contributed by atoms with E-state index in [4.69, 9.17) is 22.8 Å². The van der Waals surface area contributed by atoms with E-state index in [1.807, 2.05) is 13.0 Å². The highest BCUT2D eigenvalue weighted by Gasteiger charge is 2.36. The van der Waals surface area contributed by atoms with Gasteiger partial charge in [-0.25, -0.2) is 9.69 Å². The number of amides is 4. The lowest BCUT2D eigenvalue weighted by atomic mass is 10.1. The van der Waals surface area contributed by atoms with Gasteiger partial charge in [0.2, 0.25) is 0 Å². The number of carbonyl (C=O) groups is 3. The molecule has 1 fully saturated rings. The Morgan fingerprint density at radius 1 is 1.21 bits per heavy atom. The lowest BCUT2D eigenvalue weighted by molar-refractivity contribution is -0.122. The fourth-order valence-corrected chi connectivity index (χ4v) is 2.91. The predicted octanol–water partition coefficient (Wildman–Crippen LogP) is 3.33. The van der Waals surface area contributed by atoms with Crippen molar-refractivity contribution in [1.82, 2.24) is 5.32 Å². The summed E-state index contributed by atoms with van der Waals surface area (Å²) in [5, 5.41) is 2.46. The lowest BCUT2D eigenvalue weighted by Gasteiger charge is -2.26. The highest BCUT2D eigenvalue weighted by atomic mass is 35.5. The first-order chi connectivity index (χ1) is 13.4. The molecule has 0 bridgehead atoms. The van der Waals surface area contributed by atoms with Crippen molar-refractivity contribution in [3.05, 3.63) is 64.2 Å². The van der Waals surface area contributed by atoms with Crippen molar-refractivity contribution < 1.29 is 19.1 Å².